The third-order valence-electron chi connectivity index (χ3n) is 3.07. The summed E-state index contributed by atoms with van der Waals surface area (Å²) >= 11 is 3.43. The highest BCUT2D eigenvalue weighted by Crippen LogP contribution is 2.28. The van der Waals surface area contributed by atoms with Crippen LogP contribution in [0.5, 0.6) is 5.75 Å². The fourth-order valence-corrected chi connectivity index (χ4v) is 2.33. The summed E-state index contributed by atoms with van der Waals surface area (Å²) in [6.07, 6.45) is 7.04. The van der Waals surface area contributed by atoms with Crippen LogP contribution in [0.25, 0.3) is 11.6 Å². The Morgan fingerprint density at radius 1 is 1.27 bits per heavy atom. The van der Waals surface area contributed by atoms with E-state index in [0.717, 1.165) is 21.2 Å². The first-order chi connectivity index (χ1) is 10.6. The van der Waals surface area contributed by atoms with Gasteiger partial charge in [0.25, 0.3) is 0 Å². The van der Waals surface area contributed by atoms with E-state index in [9.17, 15) is 5.26 Å². The van der Waals surface area contributed by atoms with Crippen LogP contribution in [0.2, 0.25) is 0 Å². The largest absolute Gasteiger partial charge is 0.480 e. The smallest absolute Gasteiger partial charge is 0.148 e. The molecule has 22 heavy (non-hydrogen) atoms. The van der Waals surface area contributed by atoms with Gasteiger partial charge in [-0.25, -0.2) is 0 Å². The van der Waals surface area contributed by atoms with Gasteiger partial charge in [-0.1, -0.05) is 51.7 Å². The SMILES string of the molecule is C#CCOc1ccc(Br)cc1/C=C(\C#N)c1ccc(C)cc1. The monoisotopic (exact) mass is 351 g/mol. The Morgan fingerprint density at radius 3 is 2.64 bits per heavy atom. The van der Waals surface area contributed by atoms with Crippen LogP contribution in [0.4, 0.5) is 0 Å². The predicted molar refractivity (Wildman–Crippen MR) is 93.1 cm³/mol. The van der Waals surface area contributed by atoms with E-state index in [4.69, 9.17) is 11.2 Å². The van der Waals surface area contributed by atoms with Crippen LogP contribution >= 0.6 is 15.9 Å². The van der Waals surface area contributed by atoms with Crippen molar-refractivity contribution in [3.05, 3.63) is 63.6 Å². The summed E-state index contributed by atoms with van der Waals surface area (Å²) in [4.78, 5) is 0. The number of halogens is 1. The average molecular weight is 352 g/mol. The maximum atomic E-state index is 9.44. The van der Waals surface area contributed by atoms with E-state index < -0.39 is 0 Å². The van der Waals surface area contributed by atoms with Crippen molar-refractivity contribution in [1.29, 1.82) is 5.26 Å². The van der Waals surface area contributed by atoms with Gasteiger partial charge in [0, 0.05) is 10.0 Å². The van der Waals surface area contributed by atoms with Gasteiger partial charge in [0.05, 0.1) is 11.6 Å². The van der Waals surface area contributed by atoms with E-state index in [1.807, 2.05) is 49.4 Å². The number of hydrogen-bond acceptors (Lipinski definition) is 2. The molecule has 2 aromatic carbocycles. The van der Waals surface area contributed by atoms with Crippen molar-refractivity contribution in [2.45, 2.75) is 6.92 Å². The quantitative estimate of drug-likeness (QED) is 0.448. The topological polar surface area (TPSA) is 33.0 Å². The van der Waals surface area contributed by atoms with E-state index in [2.05, 4.69) is 27.9 Å². The Bertz CT molecular complexity index is 777. The molecule has 0 amide bonds. The zero-order valence-corrected chi connectivity index (χ0v) is 13.7. The molecule has 0 aliphatic rings. The van der Waals surface area contributed by atoms with Crippen LogP contribution in [-0.4, -0.2) is 6.61 Å². The van der Waals surface area contributed by atoms with E-state index in [1.165, 1.54) is 0 Å². The second-order valence-electron chi connectivity index (χ2n) is 4.71. The van der Waals surface area contributed by atoms with Gasteiger partial charge < -0.3 is 4.74 Å². The predicted octanol–water partition coefficient (Wildman–Crippen LogP) is 4.83. The Kier molecular flexibility index (Phi) is 5.42. The normalized spacial score (nSPS) is 10.6. The zero-order valence-electron chi connectivity index (χ0n) is 12.1. The van der Waals surface area contributed by atoms with Gasteiger partial charge in [-0.05, 0) is 36.8 Å². The number of benzene rings is 2. The van der Waals surface area contributed by atoms with Crippen LogP contribution in [-0.2, 0) is 0 Å². The van der Waals surface area contributed by atoms with E-state index in [-0.39, 0.29) is 6.61 Å². The molecule has 2 rings (SSSR count). The Balaban J connectivity index is 2.45. The molecule has 0 spiro atoms. The first kappa shape index (κ1) is 15.9. The van der Waals surface area contributed by atoms with Crippen molar-refractivity contribution >= 4 is 27.6 Å². The number of nitrogens with zero attached hydrogens (tertiary/aromatic N) is 1. The molecule has 3 heteroatoms. The van der Waals surface area contributed by atoms with Crippen LogP contribution in [0, 0.1) is 30.6 Å². The maximum absolute atomic E-state index is 9.44. The minimum atomic E-state index is 0.189. The van der Waals surface area contributed by atoms with Crippen molar-refractivity contribution < 1.29 is 4.74 Å². The molecule has 0 radical (unpaired) electrons. The highest BCUT2D eigenvalue weighted by molar-refractivity contribution is 9.10. The fraction of sp³-hybridized carbons (Fsp3) is 0.105. The second kappa shape index (κ2) is 7.50. The zero-order chi connectivity index (χ0) is 15.9. The highest BCUT2D eigenvalue weighted by Gasteiger charge is 2.06. The van der Waals surface area contributed by atoms with Crippen molar-refractivity contribution in [1.82, 2.24) is 0 Å². The van der Waals surface area contributed by atoms with Gasteiger partial charge in [-0.3, -0.25) is 0 Å². The van der Waals surface area contributed by atoms with Crippen molar-refractivity contribution in [2.75, 3.05) is 6.61 Å². The number of rotatable bonds is 4. The number of hydrogen-bond donors (Lipinski definition) is 0. The standard InChI is InChI=1S/C19H14BrNO/c1-3-10-22-19-9-8-18(20)12-16(19)11-17(13-21)15-6-4-14(2)5-7-15/h1,4-9,11-12H,10H2,2H3/b17-11+. The molecule has 0 saturated carbocycles. The van der Waals surface area contributed by atoms with Gasteiger partial charge in [-0.15, -0.1) is 6.42 Å². The van der Waals surface area contributed by atoms with Crippen molar-refractivity contribution in [3.63, 3.8) is 0 Å². The minimum absolute atomic E-state index is 0.189. The molecule has 0 aromatic heterocycles. The molecule has 0 unspecified atom stereocenters. The Morgan fingerprint density at radius 2 is 2.00 bits per heavy atom. The number of aryl methyl sites for hydroxylation is 1. The van der Waals surface area contributed by atoms with Crippen LogP contribution in [0.1, 0.15) is 16.7 Å². The first-order valence-corrected chi connectivity index (χ1v) is 7.48. The van der Waals surface area contributed by atoms with Crippen molar-refractivity contribution in [2.24, 2.45) is 0 Å². The van der Waals surface area contributed by atoms with Gasteiger partial charge >= 0.3 is 0 Å². The lowest BCUT2D eigenvalue weighted by molar-refractivity contribution is 0.369. The molecule has 0 aliphatic heterocycles. The van der Waals surface area contributed by atoms with E-state index >= 15 is 0 Å². The molecule has 2 aromatic rings. The number of terminal acetylenes is 1. The van der Waals surface area contributed by atoms with E-state index in [1.54, 1.807) is 6.08 Å². The lowest BCUT2D eigenvalue weighted by Gasteiger charge is -2.08. The van der Waals surface area contributed by atoms with Gasteiger partial charge in [0.15, 0.2) is 0 Å². The molecular weight excluding hydrogens is 338 g/mol. The van der Waals surface area contributed by atoms with Crippen LogP contribution in [0.3, 0.4) is 0 Å². The molecule has 0 aliphatic carbocycles. The number of ether oxygens (including phenoxy) is 1. The molecular formula is C19H14BrNO. The molecule has 0 saturated heterocycles. The third-order valence-corrected chi connectivity index (χ3v) is 3.56. The van der Waals surface area contributed by atoms with Crippen LogP contribution < -0.4 is 4.74 Å². The molecule has 108 valence electrons. The highest BCUT2D eigenvalue weighted by atomic mass is 79.9. The van der Waals surface area contributed by atoms with Gasteiger partial charge in [0.1, 0.15) is 12.4 Å². The summed E-state index contributed by atoms with van der Waals surface area (Å²) < 4.78 is 6.44. The van der Waals surface area contributed by atoms with Crippen molar-refractivity contribution in [3.8, 4) is 24.2 Å². The van der Waals surface area contributed by atoms with Gasteiger partial charge in [0.2, 0.25) is 0 Å². The fourth-order valence-electron chi connectivity index (χ4n) is 1.95. The molecule has 0 bridgehead atoms. The lowest BCUT2D eigenvalue weighted by Crippen LogP contribution is -1.96. The first-order valence-electron chi connectivity index (χ1n) is 6.68. The van der Waals surface area contributed by atoms with E-state index in [0.29, 0.717) is 11.3 Å². The number of allylic oxidation sites excluding steroid dienone is 1. The average Bonchev–Trinajstić information content (AvgIpc) is 2.53. The van der Waals surface area contributed by atoms with Gasteiger partial charge in [-0.2, -0.15) is 5.26 Å². The molecule has 0 atom stereocenters. The number of nitriles is 1. The minimum Gasteiger partial charge on any atom is -0.480 e. The lowest BCUT2D eigenvalue weighted by atomic mass is 10.0. The third kappa shape index (κ3) is 4.01. The molecule has 2 nitrogen and oxygen atoms in total. The summed E-state index contributed by atoms with van der Waals surface area (Å²) in [6.45, 7) is 2.20. The molecule has 0 fully saturated rings. The Labute approximate surface area is 139 Å². The maximum Gasteiger partial charge on any atom is 0.148 e. The molecule has 0 heterocycles. The summed E-state index contributed by atoms with van der Waals surface area (Å²) in [6, 6.07) is 15.7. The second-order valence-corrected chi connectivity index (χ2v) is 5.63. The Hall–Kier alpha value is -2.49. The summed E-state index contributed by atoms with van der Waals surface area (Å²) in [7, 11) is 0. The molecule has 0 N–H and O–H groups in total. The summed E-state index contributed by atoms with van der Waals surface area (Å²) in [5.74, 6) is 3.10. The summed E-state index contributed by atoms with van der Waals surface area (Å²) in [5.41, 5.74) is 3.41. The van der Waals surface area contributed by atoms with Crippen LogP contribution in [0.15, 0.2) is 46.9 Å². The summed E-state index contributed by atoms with van der Waals surface area (Å²) in [5, 5.41) is 9.44.